The van der Waals surface area contributed by atoms with E-state index in [2.05, 4.69) is 4.52 Å². The molecule has 9 heavy (non-hydrogen) atoms. The maximum absolute atomic E-state index is 9.53. The lowest BCUT2D eigenvalue weighted by molar-refractivity contribution is 0.297. The first-order chi connectivity index (χ1) is 2.77. The van der Waals surface area contributed by atoms with Crippen LogP contribution in [0.2, 0.25) is 0 Å². The van der Waals surface area contributed by atoms with Gasteiger partial charge in [-0.1, -0.05) is 0 Å². The molecule has 0 aliphatic rings. The van der Waals surface area contributed by atoms with E-state index in [0.29, 0.717) is 6.61 Å². The summed E-state index contributed by atoms with van der Waals surface area (Å²) in [7, 11) is -2.35. The zero-order chi connectivity index (χ0) is 4.99. The minimum absolute atomic E-state index is 0. The molecule has 0 fully saturated rings. The minimum Gasteiger partial charge on any atom is -0.133 e. The van der Waals surface area contributed by atoms with Crippen molar-refractivity contribution >= 4 is 60.3 Å². The molecule has 0 spiro atoms. The van der Waals surface area contributed by atoms with Crippen molar-refractivity contribution in [3.05, 3.63) is 0 Å². The Morgan fingerprint density at radius 3 is 1.78 bits per heavy atom. The highest BCUT2D eigenvalue weighted by Crippen LogP contribution is 2.12. The van der Waals surface area contributed by atoms with E-state index in [1.165, 1.54) is 0 Å². The predicted molar refractivity (Wildman–Crippen MR) is 38.7 cm³/mol. The lowest BCUT2D eigenvalue weighted by atomic mass is 10.9. The third-order valence-electron chi connectivity index (χ3n) is 0.240. The van der Waals surface area contributed by atoms with Crippen LogP contribution in [0.5, 0.6) is 0 Å². The number of rotatable bonds is 2. The van der Waals surface area contributed by atoms with E-state index in [1.54, 1.807) is 6.92 Å². The van der Waals surface area contributed by atoms with Crippen molar-refractivity contribution in [1.29, 1.82) is 0 Å². The second-order valence-corrected chi connectivity index (χ2v) is 1.39. The van der Waals surface area contributed by atoms with Crippen molar-refractivity contribution in [1.82, 2.24) is 0 Å². The molecule has 9 radical (unpaired) electrons. The van der Waals surface area contributed by atoms with Crippen LogP contribution in [0.1, 0.15) is 6.92 Å². The average molecular weight is 190 g/mol. The van der Waals surface area contributed by atoms with Crippen LogP contribution in [-0.4, -0.2) is 63.6 Å². The van der Waals surface area contributed by atoms with Gasteiger partial charge in [-0.3, -0.25) is 0 Å². The van der Waals surface area contributed by atoms with Crippen molar-refractivity contribution in [2.45, 2.75) is 6.92 Å². The Kier molecular flexibility index (Phi) is 40.6. The summed E-state index contributed by atoms with van der Waals surface area (Å²) in [6.07, 6.45) is 0. The highest BCUT2D eigenvalue weighted by Gasteiger charge is 2.06. The summed E-state index contributed by atoms with van der Waals surface area (Å²) in [6.45, 7) is 1.95. The predicted octanol–water partition coefficient (Wildman–Crippen LogP) is -0.470. The normalized spacial score (nSPS) is 7.56. The van der Waals surface area contributed by atoms with E-state index in [-0.39, 0.29) is 52.1 Å². The van der Waals surface area contributed by atoms with Gasteiger partial charge in [0.05, 0.1) is 0 Å². The zero-order valence-corrected chi connectivity index (χ0v) is 9.51. The highest BCUT2D eigenvalue weighted by molar-refractivity contribution is 7.32. The molecule has 1 N–H and O–H groups in total. The van der Waals surface area contributed by atoms with E-state index in [0.717, 1.165) is 0 Å². The van der Waals surface area contributed by atoms with Crippen LogP contribution >= 0.6 is 8.25 Å². The van der Waals surface area contributed by atoms with Crippen molar-refractivity contribution < 1.29 is 14.0 Å². The summed E-state index contributed by atoms with van der Waals surface area (Å²) in [5.41, 5.74) is 0. The Morgan fingerprint density at radius 2 is 1.78 bits per heavy atom. The van der Waals surface area contributed by atoms with Gasteiger partial charge in [0.15, 0.2) is 0 Å². The molecule has 0 heterocycles. The van der Waals surface area contributed by atoms with Crippen molar-refractivity contribution in [3.8, 4) is 0 Å². The summed E-state index contributed by atoms with van der Waals surface area (Å²) in [6, 6.07) is 0. The van der Waals surface area contributed by atoms with Crippen molar-refractivity contribution in [3.63, 3.8) is 0 Å². The molecule has 1 unspecified atom stereocenters. The monoisotopic (exact) mass is 190 g/mol. The quantitative estimate of drug-likeness (QED) is 0.473. The first-order valence-electron chi connectivity index (χ1n) is 1.56. The summed E-state index contributed by atoms with van der Waals surface area (Å²) < 4.78 is 13.6. The first kappa shape index (κ1) is 22.4. The van der Waals surface area contributed by atoms with Crippen LogP contribution < -0.4 is 0 Å². The van der Waals surface area contributed by atoms with Crippen molar-refractivity contribution in [2.75, 3.05) is 6.61 Å². The Labute approximate surface area is 87.5 Å². The number of hydrogen-bond donors (Lipinski definition) is 1. The van der Waals surface area contributed by atoms with E-state index in [1.807, 2.05) is 0 Å². The zero-order valence-electron chi connectivity index (χ0n) is 5.15. The van der Waals surface area contributed by atoms with Gasteiger partial charge in [0.25, 0.3) is 0 Å². The molecule has 0 aromatic carbocycles. The highest BCUT2D eigenvalue weighted by atomic mass is 31.1. The number of hydrogen-bond acceptors (Lipinski definition) is 2. The largest absolute Gasteiger partial charge is 0.694 e. The van der Waals surface area contributed by atoms with Crippen LogP contribution in [0.3, 0.4) is 0 Å². The van der Waals surface area contributed by atoms with Gasteiger partial charge in [-0.15, -0.1) is 9.42 Å². The molecule has 1 atom stereocenters. The van der Waals surface area contributed by atoms with Gasteiger partial charge in [0.2, 0.25) is 0 Å². The second-order valence-electron chi connectivity index (χ2n) is 0.656. The fourth-order valence-corrected chi connectivity index (χ4v) is 0.331. The molecule has 0 aliphatic carbocycles. The van der Waals surface area contributed by atoms with E-state index >= 15 is 0 Å². The Morgan fingerprint density at radius 1 is 1.44 bits per heavy atom. The van der Waals surface area contributed by atoms with Gasteiger partial charge in [-0.25, -0.2) is 0 Å². The Bertz CT molecular complexity index is 61.0. The topological polar surface area (TPSA) is 46.5 Å². The molecular weight excluding hydrogens is 184 g/mol. The summed E-state index contributed by atoms with van der Waals surface area (Å²) in [5.74, 6) is 0. The van der Waals surface area contributed by atoms with Crippen LogP contribution in [0.15, 0.2) is 0 Å². The third-order valence-corrected chi connectivity index (χ3v) is 0.719. The van der Waals surface area contributed by atoms with Crippen LogP contribution in [0.25, 0.3) is 0 Å². The van der Waals surface area contributed by atoms with E-state index in [4.69, 9.17) is 4.89 Å². The molecule has 0 amide bonds. The molecule has 0 aromatic rings. The van der Waals surface area contributed by atoms with Gasteiger partial charge in [0, 0.05) is 56.6 Å². The van der Waals surface area contributed by atoms with Gasteiger partial charge in [-0.05, 0) is 6.92 Å². The Balaban J connectivity index is -0.0000000417. The molecule has 45 valence electrons. The second kappa shape index (κ2) is 16.3. The summed E-state index contributed by atoms with van der Waals surface area (Å²) in [5, 5.41) is 0. The van der Waals surface area contributed by atoms with Gasteiger partial charge in [-0.2, -0.15) is 0 Å². The molecule has 0 saturated carbocycles. The van der Waals surface area contributed by atoms with Gasteiger partial charge >= 0.3 is 8.25 Å². The molecule has 7 heteroatoms. The molecule has 0 aromatic heterocycles. The van der Waals surface area contributed by atoms with Crippen molar-refractivity contribution in [2.24, 2.45) is 0 Å². The van der Waals surface area contributed by atoms with Gasteiger partial charge < -0.3 is 0 Å². The minimum atomic E-state index is -2.35. The maximum atomic E-state index is 9.53. The molecule has 3 nitrogen and oxygen atoms in total. The summed E-state index contributed by atoms with van der Waals surface area (Å²) >= 11 is 0. The van der Waals surface area contributed by atoms with Gasteiger partial charge in [0.1, 0.15) is 6.61 Å². The first-order valence-corrected chi connectivity index (χ1v) is 2.69. The standard InChI is InChI=1S/C2H5O3P.3Al/c1-2-5-6(3)4;;;/h2H2,1H3;;;/p+1. The molecule has 0 saturated heterocycles. The third kappa shape index (κ3) is 26.2. The average Bonchev–Trinajstić information content (AvgIpc) is 1.35. The molecule has 0 aliphatic heterocycles. The fourth-order valence-electron chi connectivity index (χ4n) is 0.110. The Hall–Kier alpha value is 1.62. The van der Waals surface area contributed by atoms with Crippen LogP contribution in [0.4, 0.5) is 0 Å². The van der Waals surface area contributed by atoms with Crippen LogP contribution in [-0.2, 0) is 9.09 Å². The van der Waals surface area contributed by atoms with Crippen LogP contribution in [0, 0.1) is 0 Å². The summed E-state index contributed by atoms with van der Waals surface area (Å²) in [4.78, 5) is 7.84. The van der Waals surface area contributed by atoms with E-state index in [9.17, 15) is 4.57 Å². The smallest absolute Gasteiger partial charge is 0.133 e. The lowest BCUT2D eigenvalue weighted by Gasteiger charge is -1.68. The SMILES string of the molecule is CCO[P+](=O)O.[Al].[Al].[Al]. The molecule has 0 rings (SSSR count). The molecular formula is C2H6Al3O3P+. The molecule has 0 bridgehead atoms. The fraction of sp³-hybridized carbons (Fsp3) is 1.00. The maximum Gasteiger partial charge on any atom is 0.694 e. The lowest BCUT2D eigenvalue weighted by Crippen LogP contribution is -1.72. The van der Waals surface area contributed by atoms with E-state index < -0.39 is 8.25 Å².